The molecule has 0 fully saturated rings. The van der Waals surface area contributed by atoms with Crippen molar-refractivity contribution in [2.75, 3.05) is 0 Å². The van der Waals surface area contributed by atoms with Crippen LogP contribution < -0.4 is 5.32 Å². The lowest BCUT2D eigenvalue weighted by molar-refractivity contribution is 0.657. The van der Waals surface area contributed by atoms with Crippen LogP contribution in [0.25, 0.3) is 55.2 Å². The van der Waals surface area contributed by atoms with E-state index in [1.54, 1.807) is 12.3 Å². The maximum absolute atomic E-state index is 13.7. The number of hydrogen-bond donors (Lipinski definition) is 3. The van der Waals surface area contributed by atoms with Crippen LogP contribution in [-0.2, 0) is 13.1 Å². The monoisotopic (exact) mass is 531 g/mol. The van der Waals surface area contributed by atoms with Gasteiger partial charge in [0.25, 0.3) is 0 Å². The number of pyridine rings is 3. The highest BCUT2D eigenvalue weighted by molar-refractivity contribution is 7.14. The average molecular weight is 532 g/mol. The Labute approximate surface area is 226 Å². The molecule has 0 aliphatic carbocycles. The molecule has 0 bridgehead atoms. The average Bonchev–Trinajstić information content (AvgIpc) is 3.71. The predicted octanol–water partition coefficient (Wildman–Crippen LogP) is 6.72. The summed E-state index contributed by atoms with van der Waals surface area (Å²) in [5.74, 6) is 0. The Hall–Kier alpha value is -4.73. The van der Waals surface area contributed by atoms with E-state index < -0.39 is 0 Å². The smallest absolute Gasteiger partial charge is 0.176 e. The second-order valence-electron chi connectivity index (χ2n) is 9.24. The van der Waals surface area contributed by atoms with E-state index in [1.807, 2.05) is 54.9 Å². The maximum Gasteiger partial charge on any atom is 0.176 e. The number of halogens is 1. The fourth-order valence-electron chi connectivity index (χ4n) is 4.75. The van der Waals surface area contributed by atoms with Gasteiger partial charge in [0.15, 0.2) is 5.13 Å². The van der Waals surface area contributed by atoms with Crippen molar-refractivity contribution >= 4 is 33.4 Å². The quantitative estimate of drug-likeness (QED) is 0.212. The molecule has 3 N–H and O–H groups in total. The molecule has 0 atom stereocenters. The topological polar surface area (TPSA) is 95.2 Å². The van der Waals surface area contributed by atoms with Crippen molar-refractivity contribution in [2.24, 2.45) is 0 Å². The van der Waals surface area contributed by atoms with Crippen molar-refractivity contribution in [3.05, 3.63) is 108 Å². The third-order valence-corrected chi connectivity index (χ3v) is 7.53. The van der Waals surface area contributed by atoms with Crippen LogP contribution in [0.1, 0.15) is 11.1 Å². The summed E-state index contributed by atoms with van der Waals surface area (Å²) in [6, 6.07) is 23.6. The van der Waals surface area contributed by atoms with Gasteiger partial charge in [-0.3, -0.25) is 10.1 Å². The lowest BCUT2D eigenvalue weighted by atomic mass is 10.1. The van der Waals surface area contributed by atoms with Crippen molar-refractivity contribution in [3.8, 4) is 33.1 Å². The number of fused-ring (bicyclic) bond motifs is 2. The van der Waals surface area contributed by atoms with Crippen LogP contribution in [0.3, 0.4) is 0 Å². The first-order valence-electron chi connectivity index (χ1n) is 12.5. The zero-order valence-corrected chi connectivity index (χ0v) is 21.5. The van der Waals surface area contributed by atoms with Gasteiger partial charge in [-0.15, -0.1) is 11.3 Å². The highest BCUT2D eigenvalue weighted by Gasteiger charge is 2.17. The van der Waals surface area contributed by atoms with E-state index in [-0.39, 0.29) is 5.13 Å². The number of aromatic nitrogens is 6. The van der Waals surface area contributed by atoms with Gasteiger partial charge < -0.3 is 10.3 Å². The minimum Gasteiger partial charge on any atom is -0.338 e. The van der Waals surface area contributed by atoms with E-state index in [9.17, 15) is 4.39 Å². The molecule has 7 nitrogen and oxygen atoms in total. The summed E-state index contributed by atoms with van der Waals surface area (Å²) < 4.78 is 13.7. The summed E-state index contributed by atoms with van der Waals surface area (Å²) >= 11 is 1.12. The molecular weight excluding hydrogens is 509 g/mol. The van der Waals surface area contributed by atoms with Crippen LogP contribution in [0.2, 0.25) is 0 Å². The largest absolute Gasteiger partial charge is 0.338 e. The molecule has 6 aromatic heterocycles. The van der Waals surface area contributed by atoms with Crippen molar-refractivity contribution in [1.29, 1.82) is 0 Å². The van der Waals surface area contributed by atoms with Gasteiger partial charge in [-0.1, -0.05) is 30.3 Å². The molecule has 0 amide bonds. The van der Waals surface area contributed by atoms with Crippen molar-refractivity contribution < 1.29 is 4.39 Å². The molecule has 0 spiro atoms. The van der Waals surface area contributed by atoms with Gasteiger partial charge in [-0.05, 0) is 53.6 Å². The number of rotatable bonds is 7. The van der Waals surface area contributed by atoms with Crippen LogP contribution >= 0.6 is 11.3 Å². The van der Waals surface area contributed by atoms with E-state index >= 15 is 0 Å². The van der Waals surface area contributed by atoms with Gasteiger partial charge in [-0.2, -0.15) is 9.49 Å². The fourth-order valence-corrected chi connectivity index (χ4v) is 5.52. The molecular formula is C30H22FN7S. The van der Waals surface area contributed by atoms with Crippen LogP contribution in [0.15, 0.2) is 91.4 Å². The van der Waals surface area contributed by atoms with E-state index in [0.717, 1.165) is 67.3 Å². The Bertz CT molecular complexity index is 1920. The summed E-state index contributed by atoms with van der Waals surface area (Å²) in [6.45, 7) is 1.49. The third kappa shape index (κ3) is 4.58. The summed E-state index contributed by atoms with van der Waals surface area (Å²) in [5, 5.41) is 11.8. The molecule has 9 heteroatoms. The van der Waals surface area contributed by atoms with Gasteiger partial charge in [-0.25, -0.2) is 9.97 Å². The summed E-state index contributed by atoms with van der Waals surface area (Å²) in [5.41, 5.74) is 8.76. The minimum atomic E-state index is -0.216. The fraction of sp³-hybridized carbons (Fsp3) is 0.0667. The summed E-state index contributed by atoms with van der Waals surface area (Å²) in [6.07, 6.45) is 5.43. The number of nitrogens with one attached hydrogen (secondary N) is 3. The van der Waals surface area contributed by atoms with Crippen LogP contribution in [0.4, 0.5) is 4.39 Å². The van der Waals surface area contributed by atoms with Gasteiger partial charge in [0.2, 0.25) is 0 Å². The minimum absolute atomic E-state index is 0.216. The molecule has 1 aromatic carbocycles. The van der Waals surface area contributed by atoms with Crippen LogP contribution in [-0.4, -0.2) is 30.1 Å². The number of H-pyrrole nitrogens is 2. The lowest BCUT2D eigenvalue weighted by Gasteiger charge is -2.07. The van der Waals surface area contributed by atoms with E-state index in [2.05, 4.69) is 48.7 Å². The Kier molecular flexibility index (Phi) is 5.92. The predicted molar refractivity (Wildman–Crippen MR) is 152 cm³/mol. The van der Waals surface area contributed by atoms with E-state index in [0.29, 0.717) is 17.9 Å². The maximum atomic E-state index is 13.7. The van der Waals surface area contributed by atoms with Crippen molar-refractivity contribution in [1.82, 2.24) is 35.5 Å². The molecule has 0 radical (unpaired) electrons. The number of thiophene rings is 1. The first-order chi connectivity index (χ1) is 19.2. The molecule has 7 aromatic rings. The zero-order chi connectivity index (χ0) is 26.2. The van der Waals surface area contributed by atoms with Crippen LogP contribution in [0.5, 0.6) is 0 Å². The highest BCUT2D eigenvalue weighted by atomic mass is 32.1. The normalized spacial score (nSPS) is 11.5. The second kappa shape index (κ2) is 9.86. The third-order valence-electron chi connectivity index (χ3n) is 6.63. The van der Waals surface area contributed by atoms with Gasteiger partial charge >= 0.3 is 0 Å². The summed E-state index contributed by atoms with van der Waals surface area (Å²) in [7, 11) is 0. The molecule has 0 aliphatic rings. The molecule has 0 saturated carbocycles. The van der Waals surface area contributed by atoms with Gasteiger partial charge in [0, 0.05) is 53.1 Å². The van der Waals surface area contributed by atoms with Crippen molar-refractivity contribution in [3.63, 3.8) is 0 Å². The Morgan fingerprint density at radius 3 is 2.67 bits per heavy atom. The number of nitrogens with zero attached hydrogens (tertiary/aromatic N) is 4. The molecule has 6 heterocycles. The zero-order valence-electron chi connectivity index (χ0n) is 20.6. The van der Waals surface area contributed by atoms with E-state index in [4.69, 9.17) is 4.98 Å². The molecule has 39 heavy (non-hydrogen) atoms. The number of hydrogen-bond acceptors (Lipinski definition) is 6. The summed E-state index contributed by atoms with van der Waals surface area (Å²) in [4.78, 5) is 18.1. The standard InChI is InChI=1S/C30H22FN7S/c31-27-9-8-26(39-27)21-10-11-34-30-22(21)13-25(36-30)29-28-24(37-38-29)7-6-23(35-28)20-12-19(16-33-17-20)15-32-14-18-4-2-1-3-5-18/h1-13,16-17,32H,14-15H2,(H,34,36)(H,37,38). The Morgan fingerprint density at radius 2 is 1.79 bits per heavy atom. The second-order valence-corrected chi connectivity index (χ2v) is 10.3. The molecule has 0 saturated heterocycles. The number of benzene rings is 1. The SMILES string of the molecule is Fc1ccc(-c2ccnc3[nH]c(-c4n[nH]c5ccc(-c6cncc(CNCc7ccccc7)c6)nc45)cc23)s1. The Balaban J connectivity index is 1.20. The molecule has 7 rings (SSSR count). The first kappa shape index (κ1) is 23.4. The number of aromatic amines is 2. The van der Waals surface area contributed by atoms with Crippen molar-refractivity contribution in [2.45, 2.75) is 13.1 Å². The molecule has 190 valence electrons. The van der Waals surface area contributed by atoms with E-state index in [1.165, 1.54) is 11.6 Å². The van der Waals surface area contributed by atoms with Gasteiger partial charge in [0.05, 0.1) is 16.9 Å². The molecule has 0 aliphatic heterocycles. The Morgan fingerprint density at radius 1 is 0.897 bits per heavy atom. The first-order valence-corrected chi connectivity index (χ1v) is 13.3. The van der Waals surface area contributed by atoms with Crippen LogP contribution in [0, 0.1) is 5.13 Å². The lowest BCUT2D eigenvalue weighted by Crippen LogP contribution is -2.12. The van der Waals surface area contributed by atoms with Gasteiger partial charge in [0.1, 0.15) is 16.9 Å². The highest BCUT2D eigenvalue weighted by Crippen LogP contribution is 2.35. The molecule has 0 unspecified atom stereocenters.